The molecule has 1 aliphatic rings. The van der Waals surface area contributed by atoms with Gasteiger partial charge in [-0.1, -0.05) is 24.2 Å². The third-order valence-corrected chi connectivity index (χ3v) is 4.17. The standard InChI is InChI=1S/C11H15N3O3S/c12-7-3-1-2-4-8(7)13-11(15)9-5-6-10(18-9)14(16)17/h5-8H,1-4,12H2,(H,13,15). The quantitative estimate of drug-likeness (QED) is 0.644. The van der Waals surface area contributed by atoms with Gasteiger partial charge in [0.25, 0.3) is 5.91 Å². The highest BCUT2D eigenvalue weighted by Gasteiger charge is 2.24. The van der Waals surface area contributed by atoms with Crippen LogP contribution in [0.25, 0.3) is 0 Å². The minimum absolute atomic E-state index is 0.0161. The molecule has 0 radical (unpaired) electrons. The second-order valence-electron chi connectivity index (χ2n) is 4.42. The summed E-state index contributed by atoms with van der Waals surface area (Å²) in [5.74, 6) is -0.268. The minimum atomic E-state index is -0.492. The van der Waals surface area contributed by atoms with Crippen molar-refractivity contribution in [3.63, 3.8) is 0 Å². The fraction of sp³-hybridized carbons (Fsp3) is 0.545. The fourth-order valence-electron chi connectivity index (χ4n) is 2.13. The Morgan fingerprint density at radius 3 is 2.78 bits per heavy atom. The van der Waals surface area contributed by atoms with Crippen molar-refractivity contribution in [2.45, 2.75) is 37.8 Å². The van der Waals surface area contributed by atoms with Gasteiger partial charge >= 0.3 is 5.00 Å². The fourth-order valence-corrected chi connectivity index (χ4v) is 2.85. The van der Waals surface area contributed by atoms with Gasteiger partial charge < -0.3 is 11.1 Å². The molecule has 1 amide bonds. The Labute approximate surface area is 108 Å². The van der Waals surface area contributed by atoms with Crippen molar-refractivity contribution >= 4 is 22.2 Å². The van der Waals surface area contributed by atoms with E-state index < -0.39 is 4.92 Å². The molecule has 2 rings (SSSR count). The van der Waals surface area contributed by atoms with Crippen LogP contribution in [0, 0.1) is 10.1 Å². The normalized spacial score (nSPS) is 23.6. The van der Waals surface area contributed by atoms with Crippen LogP contribution in [0.1, 0.15) is 35.4 Å². The molecule has 0 saturated heterocycles. The number of carbonyl (C=O) groups is 1. The molecular weight excluding hydrogens is 254 g/mol. The molecule has 18 heavy (non-hydrogen) atoms. The van der Waals surface area contributed by atoms with Gasteiger partial charge in [-0.25, -0.2) is 0 Å². The van der Waals surface area contributed by atoms with E-state index in [2.05, 4.69) is 5.32 Å². The number of thiophene rings is 1. The maximum atomic E-state index is 11.9. The summed E-state index contributed by atoms with van der Waals surface area (Å²) < 4.78 is 0. The summed E-state index contributed by atoms with van der Waals surface area (Å²) in [5, 5.41) is 13.4. The number of carbonyl (C=O) groups excluding carboxylic acids is 1. The summed E-state index contributed by atoms with van der Waals surface area (Å²) in [6, 6.07) is 2.79. The van der Waals surface area contributed by atoms with E-state index in [1.54, 1.807) is 0 Å². The number of nitrogens with two attached hydrogens (primary N) is 1. The summed E-state index contributed by atoms with van der Waals surface area (Å²) in [7, 11) is 0. The highest BCUT2D eigenvalue weighted by atomic mass is 32.1. The van der Waals surface area contributed by atoms with Gasteiger partial charge in [-0.3, -0.25) is 14.9 Å². The van der Waals surface area contributed by atoms with Crippen LogP contribution in [-0.4, -0.2) is 22.9 Å². The summed E-state index contributed by atoms with van der Waals surface area (Å²) in [5.41, 5.74) is 5.94. The molecule has 6 nitrogen and oxygen atoms in total. The zero-order chi connectivity index (χ0) is 13.1. The molecule has 2 atom stereocenters. The number of nitrogens with one attached hydrogen (secondary N) is 1. The predicted molar refractivity (Wildman–Crippen MR) is 68.7 cm³/mol. The number of rotatable bonds is 3. The van der Waals surface area contributed by atoms with E-state index in [1.807, 2.05) is 0 Å². The van der Waals surface area contributed by atoms with Gasteiger partial charge in [-0.15, -0.1) is 0 Å². The Bertz CT molecular complexity index is 460. The van der Waals surface area contributed by atoms with Crippen molar-refractivity contribution in [1.29, 1.82) is 0 Å². The lowest BCUT2D eigenvalue weighted by atomic mass is 9.91. The molecule has 0 aliphatic heterocycles. The zero-order valence-electron chi connectivity index (χ0n) is 9.80. The van der Waals surface area contributed by atoms with Gasteiger partial charge in [0, 0.05) is 18.2 Å². The monoisotopic (exact) mass is 269 g/mol. The third kappa shape index (κ3) is 2.85. The van der Waals surface area contributed by atoms with Gasteiger partial charge in [0.05, 0.1) is 9.80 Å². The lowest BCUT2D eigenvalue weighted by molar-refractivity contribution is -0.380. The first-order chi connectivity index (χ1) is 8.58. The average molecular weight is 269 g/mol. The second kappa shape index (κ2) is 5.45. The van der Waals surface area contributed by atoms with Crippen LogP contribution in [0.4, 0.5) is 5.00 Å². The Balaban J connectivity index is 2.00. The van der Waals surface area contributed by atoms with E-state index in [1.165, 1.54) is 12.1 Å². The number of amides is 1. The largest absolute Gasteiger partial charge is 0.347 e. The van der Waals surface area contributed by atoms with Crippen LogP contribution in [0.5, 0.6) is 0 Å². The molecule has 0 spiro atoms. The van der Waals surface area contributed by atoms with E-state index >= 15 is 0 Å². The first-order valence-corrected chi connectivity index (χ1v) is 6.70. The Kier molecular flexibility index (Phi) is 3.93. The van der Waals surface area contributed by atoms with Gasteiger partial charge in [0.15, 0.2) is 0 Å². The van der Waals surface area contributed by atoms with Crippen molar-refractivity contribution < 1.29 is 9.72 Å². The van der Waals surface area contributed by atoms with Crippen LogP contribution in [0.2, 0.25) is 0 Å². The minimum Gasteiger partial charge on any atom is -0.347 e. The highest BCUT2D eigenvalue weighted by Crippen LogP contribution is 2.24. The summed E-state index contributed by atoms with van der Waals surface area (Å²) in [4.78, 5) is 22.3. The Hall–Kier alpha value is -1.47. The molecule has 98 valence electrons. The topological polar surface area (TPSA) is 98.3 Å². The number of nitro groups is 1. The first kappa shape index (κ1) is 13.0. The lowest BCUT2D eigenvalue weighted by Crippen LogP contribution is -2.49. The maximum absolute atomic E-state index is 11.9. The van der Waals surface area contributed by atoms with Gasteiger partial charge in [-0.2, -0.15) is 0 Å². The molecule has 1 fully saturated rings. The van der Waals surface area contributed by atoms with E-state index in [-0.39, 0.29) is 23.0 Å². The molecule has 0 bridgehead atoms. The third-order valence-electron chi connectivity index (χ3n) is 3.13. The lowest BCUT2D eigenvalue weighted by Gasteiger charge is -2.29. The summed E-state index contributed by atoms with van der Waals surface area (Å²) >= 11 is 0.887. The Morgan fingerprint density at radius 1 is 1.44 bits per heavy atom. The van der Waals surface area contributed by atoms with E-state index in [0.717, 1.165) is 37.0 Å². The van der Waals surface area contributed by atoms with Gasteiger partial charge in [-0.05, 0) is 18.9 Å². The van der Waals surface area contributed by atoms with Crippen molar-refractivity contribution in [2.24, 2.45) is 5.73 Å². The molecule has 1 aromatic rings. The van der Waals surface area contributed by atoms with E-state index in [9.17, 15) is 14.9 Å². The van der Waals surface area contributed by atoms with Crippen molar-refractivity contribution in [3.05, 3.63) is 27.1 Å². The van der Waals surface area contributed by atoms with Gasteiger partial charge in [0.2, 0.25) is 0 Å². The molecule has 3 N–H and O–H groups in total. The number of hydrogen-bond donors (Lipinski definition) is 2. The zero-order valence-corrected chi connectivity index (χ0v) is 10.6. The summed E-state index contributed by atoms with van der Waals surface area (Å²) in [6.07, 6.45) is 3.94. The number of hydrogen-bond acceptors (Lipinski definition) is 5. The second-order valence-corrected chi connectivity index (χ2v) is 5.49. The summed E-state index contributed by atoms with van der Waals surface area (Å²) in [6.45, 7) is 0. The van der Waals surface area contributed by atoms with Crippen molar-refractivity contribution in [3.8, 4) is 0 Å². The predicted octanol–water partition coefficient (Wildman–Crippen LogP) is 1.66. The SMILES string of the molecule is NC1CCCCC1NC(=O)c1ccc([N+](=O)[O-])s1. The van der Waals surface area contributed by atoms with E-state index in [4.69, 9.17) is 5.73 Å². The molecule has 0 aromatic carbocycles. The van der Waals surface area contributed by atoms with Gasteiger partial charge in [0.1, 0.15) is 0 Å². The van der Waals surface area contributed by atoms with Crippen LogP contribution in [0.3, 0.4) is 0 Å². The molecule has 1 heterocycles. The maximum Gasteiger partial charge on any atom is 0.324 e. The van der Waals surface area contributed by atoms with Crippen LogP contribution < -0.4 is 11.1 Å². The van der Waals surface area contributed by atoms with Crippen LogP contribution in [0.15, 0.2) is 12.1 Å². The molecule has 1 aromatic heterocycles. The molecule has 1 aliphatic carbocycles. The van der Waals surface area contributed by atoms with Crippen LogP contribution >= 0.6 is 11.3 Å². The Morgan fingerprint density at radius 2 is 2.17 bits per heavy atom. The van der Waals surface area contributed by atoms with Crippen molar-refractivity contribution in [2.75, 3.05) is 0 Å². The smallest absolute Gasteiger partial charge is 0.324 e. The van der Waals surface area contributed by atoms with Crippen LogP contribution in [-0.2, 0) is 0 Å². The first-order valence-electron chi connectivity index (χ1n) is 5.88. The molecule has 7 heteroatoms. The number of nitrogens with zero attached hydrogens (tertiary/aromatic N) is 1. The van der Waals surface area contributed by atoms with E-state index in [0.29, 0.717) is 4.88 Å². The average Bonchev–Trinajstić information content (AvgIpc) is 2.81. The molecule has 1 saturated carbocycles. The van der Waals surface area contributed by atoms with Crippen molar-refractivity contribution in [1.82, 2.24) is 5.32 Å². The highest BCUT2D eigenvalue weighted by molar-refractivity contribution is 7.17. The molecular formula is C11H15N3O3S. The molecule has 2 unspecified atom stereocenters.